The molecule has 0 saturated carbocycles. The topological polar surface area (TPSA) is 59.4 Å². The van der Waals surface area contributed by atoms with Gasteiger partial charge in [0, 0.05) is 18.0 Å². The van der Waals surface area contributed by atoms with Gasteiger partial charge in [-0.2, -0.15) is 0 Å². The Labute approximate surface area is 126 Å². The van der Waals surface area contributed by atoms with Crippen LogP contribution in [0.1, 0.15) is 51.4 Å². The molecule has 0 bridgehead atoms. The quantitative estimate of drug-likeness (QED) is 0.903. The van der Waals surface area contributed by atoms with Crippen molar-refractivity contribution < 1.29 is 9.52 Å². The van der Waals surface area contributed by atoms with E-state index in [1.807, 2.05) is 20.8 Å². The molecule has 3 N–H and O–H groups in total. The van der Waals surface area contributed by atoms with Crippen LogP contribution in [0.25, 0.3) is 0 Å². The lowest BCUT2D eigenvalue weighted by molar-refractivity contribution is 0.145. The monoisotopic (exact) mass is 287 g/mol. The van der Waals surface area contributed by atoms with Crippen LogP contribution in [0.15, 0.2) is 22.6 Å². The van der Waals surface area contributed by atoms with Gasteiger partial charge < -0.3 is 15.3 Å². The van der Waals surface area contributed by atoms with Crippen molar-refractivity contribution in [2.75, 3.05) is 6.54 Å². The van der Waals surface area contributed by atoms with E-state index in [2.05, 4.69) is 32.0 Å². The molecule has 3 nitrogen and oxygen atoms in total. The van der Waals surface area contributed by atoms with Gasteiger partial charge in [-0.1, -0.05) is 18.2 Å². The first-order chi connectivity index (χ1) is 9.86. The van der Waals surface area contributed by atoms with Crippen molar-refractivity contribution in [3.05, 3.63) is 57.5 Å². The molecule has 0 amide bonds. The molecule has 2 rings (SSSR count). The summed E-state index contributed by atoms with van der Waals surface area (Å²) in [5.74, 6) is 1.51. The Balaban J connectivity index is 2.42. The number of aliphatic hydroxyl groups is 1. The van der Waals surface area contributed by atoms with E-state index in [-0.39, 0.29) is 5.92 Å². The van der Waals surface area contributed by atoms with Gasteiger partial charge in [0.1, 0.15) is 11.5 Å². The highest BCUT2D eigenvalue weighted by atomic mass is 16.3. The van der Waals surface area contributed by atoms with Gasteiger partial charge in [0.25, 0.3) is 0 Å². The summed E-state index contributed by atoms with van der Waals surface area (Å²) in [6.45, 7) is 10.4. The number of furan rings is 1. The average Bonchev–Trinajstić information content (AvgIpc) is 2.68. The second kappa shape index (κ2) is 6.04. The predicted molar refractivity (Wildman–Crippen MR) is 85.6 cm³/mol. The zero-order valence-corrected chi connectivity index (χ0v) is 13.5. The van der Waals surface area contributed by atoms with Gasteiger partial charge in [-0.05, 0) is 56.9 Å². The first-order valence-corrected chi connectivity index (χ1v) is 7.38. The molecule has 0 radical (unpaired) electrons. The van der Waals surface area contributed by atoms with Gasteiger partial charge in [-0.15, -0.1) is 0 Å². The first-order valence-electron chi connectivity index (χ1n) is 7.38. The number of nitrogens with two attached hydrogens (primary N) is 1. The Morgan fingerprint density at radius 1 is 1.05 bits per heavy atom. The second-order valence-corrected chi connectivity index (χ2v) is 5.88. The normalized spacial score (nSPS) is 14.2. The summed E-state index contributed by atoms with van der Waals surface area (Å²) in [6, 6.07) is 6.26. The SMILES string of the molecule is Cc1ccc(C(CN)C(O)c2c(C)oc(C)c2C)cc1C. The van der Waals surface area contributed by atoms with E-state index < -0.39 is 6.10 Å². The van der Waals surface area contributed by atoms with Crippen molar-refractivity contribution in [3.63, 3.8) is 0 Å². The van der Waals surface area contributed by atoms with Crippen molar-refractivity contribution >= 4 is 0 Å². The van der Waals surface area contributed by atoms with E-state index >= 15 is 0 Å². The molecule has 21 heavy (non-hydrogen) atoms. The number of hydrogen-bond donors (Lipinski definition) is 2. The Hall–Kier alpha value is -1.58. The standard InChI is InChI=1S/C18H25NO2/c1-10-6-7-15(8-11(10)2)16(9-19)18(20)17-12(3)13(4)21-14(17)5/h6-8,16,18,20H,9,19H2,1-5H3. The molecule has 0 aliphatic rings. The fourth-order valence-corrected chi connectivity index (χ4v) is 2.89. The van der Waals surface area contributed by atoms with Crippen molar-refractivity contribution in [3.8, 4) is 0 Å². The summed E-state index contributed by atoms with van der Waals surface area (Å²) in [5, 5.41) is 10.8. The average molecular weight is 287 g/mol. The van der Waals surface area contributed by atoms with Gasteiger partial charge in [-0.3, -0.25) is 0 Å². The third kappa shape index (κ3) is 2.89. The van der Waals surface area contributed by atoms with Crippen LogP contribution in [0.5, 0.6) is 0 Å². The lowest BCUT2D eigenvalue weighted by Gasteiger charge is -2.23. The van der Waals surface area contributed by atoms with E-state index in [1.165, 1.54) is 11.1 Å². The molecule has 0 spiro atoms. The van der Waals surface area contributed by atoms with E-state index in [0.717, 1.165) is 28.2 Å². The minimum Gasteiger partial charge on any atom is -0.466 e. The fourth-order valence-electron chi connectivity index (χ4n) is 2.89. The number of rotatable bonds is 4. The number of hydrogen-bond acceptors (Lipinski definition) is 3. The van der Waals surface area contributed by atoms with E-state index in [4.69, 9.17) is 10.2 Å². The van der Waals surface area contributed by atoms with Crippen molar-refractivity contribution in [2.24, 2.45) is 5.73 Å². The molecule has 0 fully saturated rings. The number of aliphatic hydroxyl groups excluding tert-OH is 1. The lowest BCUT2D eigenvalue weighted by Crippen LogP contribution is -2.21. The van der Waals surface area contributed by atoms with Gasteiger partial charge in [-0.25, -0.2) is 0 Å². The predicted octanol–water partition coefficient (Wildman–Crippen LogP) is 3.60. The van der Waals surface area contributed by atoms with Gasteiger partial charge in [0.15, 0.2) is 0 Å². The van der Waals surface area contributed by atoms with Crippen LogP contribution in [0, 0.1) is 34.6 Å². The largest absolute Gasteiger partial charge is 0.466 e. The highest BCUT2D eigenvalue weighted by Crippen LogP contribution is 2.36. The van der Waals surface area contributed by atoms with Crippen molar-refractivity contribution in [2.45, 2.75) is 46.6 Å². The molecule has 0 aliphatic heterocycles. The lowest BCUT2D eigenvalue weighted by atomic mass is 9.86. The summed E-state index contributed by atoms with van der Waals surface area (Å²) in [7, 11) is 0. The Morgan fingerprint density at radius 3 is 2.19 bits per heavy atom. The summed E-state index contributed by atoms with van der Waals surface area (Å²) < 4.78 is 5.64. The molecule has 2 unspecified atom stereocenters. The zero-order chi connectivity index (χ0) is 15.7. The molecular weight excluding hydrogens is 262 g/mol. The maximum Gasteiger partial charge on any atom is 0.107 e. The number of aryl methyl sites for hydroxylation is 4. The van der Waals surface area contributed by atoms with Crippen LogP contribution < -0.4 is 5.73 Å². The van der Waals surface area contributed by atoms with Crippen LogP contribution >= 0.6 is 0 Å². The maximum atomic E-state index is 10.8. The van der Waals surface area contributed by atoms with E-state index in [1.54, 1.807) is 0 Å². The van der Waals surface area contributed by atoms with E-state index in [0.29, 0.717) is 6.54 Å². The molecular formula is C18H25NO2. The minimum atomic E-state index is -0.644. The second-order valence-electron chi connectivity index (χ2n) is 5.88. The molecule has 2 atom stereocenters. The number of benzene rings is 1. The highest BCUT2D eigenvalue weighted by Gasteiger charge is 2.27. The summed E-state index contributed by atoms with van der Waals surface area (Å²) >= 11 is 0. The molecule has 1 aromatic heterocycles. The molecule has 1 aromatic carbocycles. The van der Waals surface area contributed by atoms with Crippen molar-refractivity contribution in [1.82, 2.24) is 0 Å². The van der Waals surface area contributed by atoms with Crippen LogP contribution in [0.4, 0.5) is 0 Å². The molecule has 0 aliphatic carbocycles. The van der Waals surface area contributed by atoms with Gasteiger partial charge >= 0.3 is 0 Å². The van der Waals surface area contributed by atoms with Crippen LogP contribution in [-0.2, 0) is 0 Å². The van der Waals surface area contributed by atoms with Crippen LogP contribution in [-0.4, -0.2) is 11.7 Å². The highest BCUT2D eigenvalue weighted by molar-refractivity contribution is 5.38. The minimum absolute atomic E-state index is 0.126. The molecule has 3 heteroatoms. The molecule has 1 heterocycles. The third-order valence-corrected chi connectivity index (χ3v) is 4.51. The first kappa shape index (κ1) is 15.8. The van der Waals surface area contributed by atoms with Crippen LogP contribution in [0.3, 0.4) is 0 Å². The summed E-state index contributed by atoms with van der Waals surface area (Å²) in [5.41, 5.74) is 11.4. The maximum absolute atomic E-state index is 10.8. The molecule has 0 saturated heterocycles. The van der Waals surface area contributed by atoms with E-state index in [9.17, 15) is 5.11 Å². The molecule has 114 valence electrons. The zero-order valence-electron chi connectivity index (χ0n) is 13.5. The fraction of sp³-hybridized carbons (Fsp3) is 0.444. The Morgan fingerprint density at radius 2 is 1.71 bits per heavy atom. The summed E-state index contributed by atoms with van der Waals surface area (Å²) in [4.78, 5) is 0. The summed E-state index contributed by atoms with van der Waals surface area (Å²) in [6.07, 6.45) is -0.644. The Bertz CT molecular complexity index is 643. The van der Waals surface area contributed by atoms with Gasteiger partial charge in [0.05, 0.1) is 6.10 Å². The smallest absolute Gasteiger partial charge is 0.107 e. The third-order valence-electron chi connectivity index (χ3n) is 4.51. The van der Waals surface area contributed by atoms with Crippen LogP contribution in [0.2, 0.25) is 0 Å². The molecule has 2 aromatic rings. The Kier molecular flexibility index (Phi) is 4.55. The van der Waals surface area contributed by atoms with Crippen molar-refractivity contribution in [1.29, 1.82) is 0 Å². The van der Waals surface area contributed by atoms with Gasteiger partial charge in [0.2, 0.25) is 0 Å².